The molecule has 1 saturated heterocycles. The lowest BCUT2D eigenvalue weighted by Crippen LogP contribution is -2.28. The SMILES string of the molecule is O=C(Nc1ccccc1C(=O)N1CCCC1)c1ccc[nH]1. The number of hydrogen-bond acceptors (Lipinski definition) is 2. The Morgan fingerprint density at radius 2 is 1.81 bits per heavy atom. The lowest BCUT2D eigenvalue weighted by atomic mass is 10.1. The summed E-state index contributed by atoms with van der Waals surface area (Å²) >= 11 is 0. The maximum atomic E-state index is 12.5. The fraction of sp³-hybridized carbons (Fsp3) is 0.250. The molecule has 0 radical (unpaired) electrons. The van der Waals surface area contributed by atoms with Crippen LogP contribution in [-0.2, 0) is 0 Å². The minimum Gasteiger partial charge on any atom is -0.357 e. The van der Waals surface area contributed by atoms with E-state index in [4.69, 9.17) is 0 Å². The third-order valence-electron chi connectivity index (χ3n) is 3.64. The van der Waals surface area contributed by atoms with E-state index in [1.54, 1.807) is 30.5 Å². The van der Waals surface area contributed by atoms with Gasteiger partial charge in [0.1, 0.15) is 5.69 Å². The lowest BCUT2D eigenvalue weighted by Gasteiger charge is -2.17. The van der Waals surface area contributed by atoms with Crippen molar-refractivity contribution in [3.05, 3.63) is 53.9 Å². The van der Waals surface area contributed by atoms with Gasteiger partial charge < -0.3 is 15.2 Å². The van der Waals surface area contributed by atoms with Crippen molar-refractivity contribution in [1.82, 2.24) is 9.88 Å². The molecule has 1 aliphatic rings. The van der Waals surface area contributed by atoms with E-state index < -0.39 is 0 Å². The van der Waals surface area contributed by atoms with Crippen LogP contribution in [0.4, 0.5) is 5.69 Å². The minimum atomic E-state index is -0.248. The van der Waals surface area contributed by atoms with Crippen LogP contribution in [0.3, 0.4) is 0 Å². The van der Waals surface area contributed by atoms with Crippen molar-refractivity contribution in [1.29, 1.82) is 0 Å². The number of carbonyl (C=O) groups is 2. The van der Waals surface area contributed by atoms with Crippen LogP contribution >= 0.6 is 0 Å². The summed E-state index contributed by atoms with van der Waals surface area (Å²) in [6.45, 7) is 1.58. The summed E-state index contributed by atoms with van der Waals surface area (Å²) in [5.41, 5.74) is 1.56. The van der Waals surface area contributed by atoms with Crippen molar-refractivity contribution in [3.8, 4) is 0 Å². The number of H-pyrrole nitrogens is 1. The maximum absolute atomic E-state index is 12.5. The predicted octanol–water partition coefficient (Wildman–Crippen LogP) is 2.50. The van der Waals surface area contributed by atoms with Crippen molar-refractivity contribution >= 4 is 17.5 Å². The fourth-order valence-corrected chi connectivity index (χ4v) is 2.53. The van der Waals surface area contributed by atoms with Gasteiger partial charge in [0.2, 0.25) is 0 Å². The zero-order chi connectivity index (χ0) is 14.7. The Bertz CT molecular complexity index is 643. The number of benzene rings is 1. The van der Waals surface area contributed by atoms with Gasteiger partial charge >= 0.3 is 0 Å². The highest BCUT2D eigenvalue weighted by Gasteiger charge is 2.22. The third-order valence-corrected chi connectivity index (χ3v) is 3.64. The molecule has 2 amide bonds. The van der Waals surface area contributed by atoms with Crippen LogP contribution in [0.2, 0.25) is 0 Å². The molecule has 1 aliphatic heterocycles. The summed E-state index contributed by atoms with van der Waals surface area (Å²) in [5, 5.41) is 2.80. The molecule has 2 aromatic rings. The van der Waals surface area contributed by atoms with Gasteiger partial charge in [0, 0.05) is 19.3 Å². The highest BCUT2D eigenvalue weighted by molar-refractivity contribution is 6.08. The number of carbonyl (C=O) groups excluding carboxylic acids is 2. The van der Waals surface area contributed by atoms with Crippen molar-refractivity contribution in [2.45, 2.75) is 12.8 Å². The monoisotopic (exact) mass is 283 g/mol. The number of rotatable bonds is 3. The second-order valence-corrected chi connectivity index (χ2v) is 5.08. The number of anilines is 1. The fourth-order valence-electron chi connectivity index (χ4n) is 2.53. The first-order chi connectivity index (χ1) is 10.3. The van der Waals surface area contributed by atoms with E-state index in [0.29, 0.717) is 16.9 Å². The predicted molar refractivity (Wildman–Crippen MR) is 80.3 cm³/mol. The molecule has 0 spiro atoms. The third kappa shape index (κ3) is 2.81. The molecule has 21 heavy (non-hydrogen) atoms. The van der Waals surface area contributed by atoms with Crippen LogP contribution in [-0.4, -0.2) is 34.8 Å². The van der Waals surface area contributed by atoms with Gasteiger partial charge in [-0.15, -0.1) is 0 Å². The van der Waals surface area contributed by atoms with Gasteiger partial charge in [-0.3, -0.25) is 9.59 Å². The number of hydrogen-bond donors (Lipinski definition) is 2. The molecule has 0 bridgehead atoms. The molecule has 0 saturated carbocycles. The summed E-state index contributed by atoms with van der Waals surface area (Å²) < 4.78 is 0. The first-order valence-electron chi connectivity index (χ1n) is 7.09. The van der Waals surface area contributed by atoms with Gasteiger partial charge in [0.25, 0.3) is 11.8 Å². The summed E-state index contributed by atoms with van der Waals surface area (Å²) in [5.74, 6) is -0.267. The largest absolute Gasteiger partial charge is 0.357 e. The van der Waals surface area contributed by atoms with Gasteiger partial charge in [0.15, 0.2) is 0 Å². The number of amides is 2. The molecule has 108 valence electrons. The number of nitrogens with zero attached hydrogens (tertiary/aromatic N) is 1. The molecule has 0 unspecified atom stereocenters. The zero-order valence-corrected chi connectivity index (χ0v) is 11.6. The quantitative estimate of drug-likeness (QED) is 0.909. The Balaban J connectivity index is 1.82. The van der Waals surface area contributed by atoms with Crippen LogP contribution < -0.4 is 5.32 Å². The smallest absolute Gasteiger partial charge is 0.272 e. The number of aromatic amines is 1. The van der Waals surface area contributed by atoms with Crippen LogP contribution in [0.15, 0.2) is 42.6 Å². The zero-order valence-electron chi connectivity index (χ0n) is 11.6. The number of likely N-dealkylation sites (tertiary alicyclic amines) is 1. The molecule has 2 N–H and O–H groups in total. The van der Waals surface area contributed by atoms with Crippen LogP contribution in [0.25, 0.3) is 0 Å². The molecule has 1 fully saturated rings. The van der Waals surface area contributed by atoms with E-state index >= 15 is 0 Å². The van der Waals surface area contributed by atoms with Crippen LogP contribution in [0.1, 0.15) is 33.7 Å². The topological polar surface area (TPSA) is 65.2 Å². The van der Waals surface area contributed by atoms with E-state index in [2.05, 4.69) is 10.3 Å². The number of para-hydroxylation sites is 1. The average molecular weight is 283 g/mol. The normalized spacial score (nSPS) is 14.2. The van der Waals surface area contributed by atoms with Gasteiger partial charge in [-0.25, -0.2) is 0 Å². The minimum absolute atomic E-state index is 0.0186. The summed E-state index contributed by atoms with van der Waals surface area (Å²) in [6.07, 6.45) is 3.78. The molecule has 1 aromatic heterocycles. The van der Waals surface area contributed by atoms with Crippen molar-refractivity contribution < 1.29 is 9.59 Å². The molecular weight excluding hydrogens is 266 g/mol. The van der Waals surface area contributed by atoms with E-state index in [-0.39, 0.29) is 11.8 Å². The highest BCUT2D eigenvalue weighted by Crippen LogP contribution is 2.20. The Hall–Kier alpha value is -2.56. The maximum Gasteiger partial charge on any atom is 0.272 e. The summed E-state index contributed by atoms with van der Waals surface area (Å²) in [6, 6.07) is 10.6. The molecule has 0 aliphatic carbocycles. The molecule has 0 atom stereocenters. The Labute approximate surface area is 123 Å². The Kier molecular flexibility index (Phi) is 3.73. The van der Waals surface area contributed by atoms with Crippen molar-refractivity contribution in [2.75, 3.05) is 18.4 Å². The summed E-state index contributed by atoms with van der Waals surface area (Å²) in [7, 11) is 0. The second-order valence-electron chi connectivity index (χ2n) is 5.08. The molecule has 2 heterocycles. The van der Waals surface area contributed by atoms with Crippen molar-refractivity contribution in [3.63, 3.8) is 0 Å². The first-order valence-corrected chi connectivity index (χ1v) is 7.09. The second kappa shape index (κ2) is 5.83. The number of nitrogens with one attached hydrogen (secondary N) is 2. The van der Waals surface area contributed by atoms with Gasteiger partial charge in [-0.2, -0.15) is 0 Å². The molecule has 5 heteroatoms. The molecular formula is C16H17N3O2. The first kappa shape index (κ1) is 13.4. The van der Waals surface area contributed by atoms with E-state index in [0.717, 1.165) is 25.9 Å². The highest BCUT2D eigenvalue weighted by atomic mass is 16.2. The molecule has 1 aromatic carbocycles. The lowest BCUT2D eigenvalue weighted by molar-refractivity contribution is 0.0794. The standard InChI is InChI=1S/C16H17N3O2/c20-15(14-8-5-9-17-14)18-13-7-2-1-6-12(13)16(21)19-10-3-4-11-19/h1-2,5-9,17H,3-4,10-11H2,(H,18,20). The van der Waals surface area contributed by atoms with Crippen molar-refractivity contribution in [2.24, 2.45) is 0 Å². The van der Waals surface area contributed by atoms with Gasteiger partial charge in [-0.1, -0.05) is 12.1 Å². The average Bonchev–Trinajstić information content (AvgIpc) is 3.20. The van der Waals surface area contributed by atoms with E-state index in [9.17, 15) is 9.59 Å². The molecule has 5 nitrogen and oxygen atoms in total. The van der Waals surface area contributed by atoms with E-state index in [1.165, 1.54) is 0 Å². The van der Waals surface area contributed by atoms with Gasteiger partial charge in [-0.05, 0) is 37.1 Å². The van der Waals surface area contributed by atoms with E-state index in [1.807, 2.05) is 17.0 Å². The molecule has 3 rings (SSSR count). The Morgan fingerprint density at radius 3 is 2.52 bits per heavy atom. The van der Waals surface area contributed by atoms with Crippen LogP contribution in [0, 0.1) is 0 Å². The summed E-state index contributed by atoms with van der Waals surface area (Å²) in [4.78, 5) is 29.3. The van der Waals surface area contributed by atoms with Crippen LogP contribution in [0.5, 0.6) is 0 Å². The Morgan fingerprint density at radius 1 is 1.05 bits per heavy atom. The van der Waals surface area contributed by atoms with Gasteiger partial charge in [0.05, 0.1) is 11.3 Å². The number of aromatic nitrogens is 1.